The number of aliphatic hydroxyl groups is 1. The molecule has 0 saturated carbocycles. The van der Waals surface area contributed by atoms with Crippen LogP contribution in [0.15, 0.2) is 72.9 Å². The average Bonchev–Trinajstić information content (AvgIpc) is 3.44. The molecule has 0 aliphatic carbocycles. The molecule has 0 aliphatic heterocycles. The minimum atomic E-state index is -0.775. The zero-order chi connectivity index (χ0) is 56.2. The second-order valence-corrected chi connectivity index (χ2v) is 23.2. The zero-order valence-corrected chi connectivity index (χ0v) is 52.2. The van der Waals surface area contributed by atoms with Crippen molar-refractivity contribution in [1.29, 1.82) is 0 Å². The summed E-state index contributed by atoms with van der Waals surface area (Å²) in [6.45, 7) is 4.06. The summed E-state index contributed by atoms with van der Waals surface area (Å²) < 4.78 is 10.8. The highest BCUT2D eigenvalue weighted by Gasteiger charge is 2.16. The molecule has 78 heavy (non-hydrogen) atoms. The van der Waals surface area contributed by atoms with Crippen LogP contribution < -0.4 is 0 Å². The maximum atomic E-state index is 12.3. The highest BCUT2D eigenvalue weighted by molar-refractivity contribution is 5.70. The van der Waals surface area contributed by atoms with Crippen LogP contribution in [-0.2, 0) is 19.1 Å². The monoisotopic (exact) mass is 1090 g/mol. The summed E-state index contributed by atoms with van der Waals surface area (Å²) in [5.41, 5.74) is 0. The number of carbonyl (C=O) groups is 2. The lowest BCUT2D eigenvalue weighted by Crippen LogP contribution is -2.28. The number of unbranched alkanes of at least 4 members (excludes halogenated alkanes) is 44. The molecule has 0 bridgehead atoms. The van der Waals surface area contributed by atoms with Crippen LogP contribution in [0, 0.1) is 0 Å². The minimum absolute atomic E-state index is 0.0643. The number of esters is 2. The van der Waals surface area contributed by atoms with Crippen molar-refractivity contribution in [3.8, 4) is 0 Å². The van der Waals surface area contributed by atoms with E-state index >= 15 is 0 Å². The Balaban J connectivity index is 3.39. The maximum Gasteiger partial charge on any atom is 0.306 e. The van der Waals surface area contributed by atoms with Crippen molar-refractivity contribution in [2.45, 2.75) is 367 Å². The van der Waals surface area contributed by atoms with Gasteiger partial charge in [0, 0.05) is 12.8 Å². The molecule has 5 heteroatoms. The largest absolute Gasteiger partial charge is 0.462 e. The zero-order valence-electron chi connectivity index (χ0n) is 52.2. The van der Waals surface area contributed by atoms with Gasteiger partial charge in [-0.15, -0.1) is 0 Å². The molecule has 0 amide bonds. The fraction of sp³-hybridized carbons (Fsp3) is 0.808. The second kappa shape index (κ2) is 68.6. The fourth-order valence-electron chi connectivity index (χ4n) is 10.3. The van der Waals surface area contributed by atoms with Crippen molar-refractivity contribution in [2.75, 3.05) is 13.2 Å². The molecule has 0 heterocycles. The number of allylic oxidation sites excluding steroid dienone is 12. The number of hydrogen-bond acceptors (Lipinski definition) is 5. The van der Waals surface area contributed by atoms with Crippen LogP contribution in [0.1, 0.15) is 361 Å². The smallest absolute Gasteiger partial charge is 0.306 e. The van der Waals surface area contributed by atoms with Gasteiger partial charge < -0.3 is 14.6 Å². The average molecular weight is 1090 g/mol. The van der Waals surface area contributed by atoms with Gasteiger partial charge in [0.05, 0.1) is 6.61 Å². The van der Waals surface area contributed by atoms with E-state index in [1.807, 2.05) is 0 Å². The highest BCUT2D eigenvalue weighted by Crippen LogP contribution is 2.18. The van der Waals surface area contributed by atoms with Gasteiger partial charge in [-0.2, -0.15) is 0 Å². The van der Waals surface area contributed by atoms with E-state index < -0.39 is 6.10 Å². The number of aliphatic hydroxyl groups excluding tert-OH is 1. The molecule has 1 N–H and O–H groups in total. The van der Waals surface area contributed by atoms with Gasteiger partial charge in [-0.1, -0.05) is 337 Å². The van der Waals surface area contributed by atoms with Crippen LogP contribution >= 0.6 is 0 Å². The molecule has 0 aromatic carbocycles. The number of hydrogen-bond donors (Lipinski definition) is 1. The molecule has 454 valence electrons. The Morgan fingerprint density at radius 3 is 0.833 bits per heavy atom. The molecule has 0 spiro atoms. The molecule has 0 rings (SSSR count). The third kappa shape index (κ3) is 65.9. The first-order valence-electron chi connectivity index (χ1n) is 34.5. The van der Waals surface area contributed by atoms with Crippen LogP contribution in [0.5, 0.6) is 0 Å². The van der Waals surface area contributed by atoms with E-state index in [0.29, 0.717) is 12.8 Å². The van der Waals surface area contributed by atoms with Crippen molar-refractivity contribution in [3.05, 3.63) is 72.9 Å². The molecule has 0 aromatic heterocycles. The van der Waals surface area contributed by atoms with Gasteiger partial charge >= 0.3 is 11.9 Å². The Bertz CT molecular complexity index is 1370. The standard InChI is InChI=1S/C73H132O5/c1-3-5-7-9-11-13-15-17-19-21-23-25-27-29-30-31-32-33-34-35-36-37-38-39-40-41-42-44-45-47-49-51-53-55-57-59-61-63-65-67-72(75)77-70-71(69-74)78-73(76)68-66-64-62-60-58-56-54-52-50-48-46-43-28-26-24-22-20-18-16-14-12-10-8-6-4-2/h6,8,12,14-15,17-18,20-21,23-24,26,71,74H,3-5,7,9-11,13,16,19,22,25,27-70H2,1-2H3/b8-6-,14-12-,17-15-,20-18-,23-21-,26-24-. The Morgan fingerprint density at radius 2 is 0.551 bits per heavy atom. The Labute approximate surface area is 486 Å². The molecule has 0 radical (unpaired) electrons. The topological polar surface area (TPSA) is 72.8 Å². The first kappa shape index (κ1) is 75.3. The van der Waals surface area contributed by atoms with Gasteiger partial charge in [-0.3, -0.25) is 9.59 Å². The summed E-state index contributed by atoms with van der Waals surface area (Å²) in [5.74, 6) is -0.577. The van der Waals surface area contributed by atoms with Gasteiger partial charge in [0.2, 0.25) is 0 Å². The molecule has 0 aromatic rings. The van der Waals surface area contributed by atoms with E-state index in [1.165, 1.54) is 263 Å². The minimum Gasteiger partial charge on any atom is -0.462 e. The molecular weight excluding hydrogens is 957 g/mol. The van der Waals surface area contributed by atoms with Crippen LogP contribution in [0.2, 0.25) is 0 Å². The lowest BCUT2D eigenvalue weighted by Gasteiger charge is -2.15. The van der Waals surface area contributed by atoms with Crippen LogP contribution in [0.3, 0.4) is 0 Å². The quantitative estimate of drug-likeness (QED) is 0.0373. The third-order valence-electron chi connectivity index (χ3n) is 15.5. The van der Waals surface area contributed by atoms with E-state index in [1.54, 1.807) is 0 Å². The summed E-state index contributed by atoms with van der Waals surface area (Å²) in [5, 5.41) is 9.69. The summed E-state index contributed by atoms with van der Waals surface area (Å²) in [7, 11) is 0. The van der Waals surface area contributed by atoms with Crippen LogP contribution in [0.25, 0.3) is 0 Å². The van der Waals surface area contributed by atoms with Crippen molar-refractivity contribution in [3.63, 3.8) is 0 Å². The Hall–Kier alpha value is -2.66. The third-order valence-corrected chi connectivity index (χ3v) is 15.5. The van der Waals surface area contributed by atoms with E-state index in [9.17, 15) is 14.7 Å². The van der Waals surface area contributed by atoms with Crippen LogP contribution in [-0.4, -0.2) is 36.4 Å². The number of carbonyl (C=O) groups excluding carboxylic acids is 2. The lowest BCUT2D eigenvalue weighted by atomic mass is 10.0. The van der Waals surface area contributed by atoms with E-state index in [-0.39, 0.29) is 25.2 Å². The lowest BCUT2D eigenvalue weighted by molar-refractivity contribution is -0.161. The van der Waals surface area contributed by atoms with E-state index in [2.05, 4.69) is 86.8 Å². The molecule has 0 saturated heterocycles. The normalized spacial score (nSPS) is 12.6. The molecule has 0 aliphatic rings. The van der Waals surface area contributed by atoms with Crippen molar-refractivity contribution >= 4 is 11.9 Å². The van der Waals surface area contributed by atoms with Gasteiger partial charge in [0.1, 0.15) is 6.61 Å². The highest BCUT2D eigenvalue weighted by atomic mass is 16.6. The second-order valence-electron chi connectivity index (χ2n) is 23.2. The predicted molar refractivity (Wildman–Crippen MR) is 343 cm³/mol. The first-order valence-corrected chi connectivity index (χ1v) is 34.5. The predicted octanol–water partition coefficient (Wildman–Crippen LogP) is 23.9. The molecule has 5 nitrogen and oxygen atoms in total. The summed E-state index contributed by atoms with van der Waals surface area (Å²) in [6, 6.07) is 0. The van der Waals surface area contributed by atoms with Gasteiger partial charge in [0.15, 0.2) is 6.10 Å². The van der Waals surface area contributed by atoms with Crippen molar-refractivity contribution in [2.24, 2.45) is 0 Å². The number of rotatable bonds is 64. The fourth-order valence-corrected chi connectivity index (χ4v) is 10.3. The molecular formula is C73H132O5. The maximum absolute atomic E-state index is 12.3. The molecule has 1 atom stereocenters. The van der Waals surface area contributed by atoms with E-state index in [4.69, 9.17) is 9.47 Å². The van der Waals surface area contributed by atoms with Crippen LogP contribution in [0.4, 0.5) is 0 Å². The van der Waals surface area contributed by atoms with Gasteiger partial charge in [0.25, 0.3) is 0 Å². The summed E-state index contributed by atoms with van der Waals surface area (Å²) >= 11 is 0. The summed E-state index contributed by atoms with van der Waals surface area (Å²) in [6.07, 6.45) is 95.1. The Kier molecular flexibility index (Phi) is 66.3. The first-order chi connectivity index (χ1) is 38.6. The van der Waals surface area contributed by atoms with E-state index in [0.717, 1.165) is 70.6 Å². The SMILES string of the molecule is CC/C=C\C/C=C\C/C=C\C/C=C\CCCCCCCCCCCCCCC(=O)OC(CO)COC(=O)CCCCCCCCCCCCCCCCCCCCCCCCCCCCC/C=C\C/C=C\CCCCCCC. The van der Waals surface area contributed by atoms with Gasteiger partial charge in [-0.05, 0) is 83.5 Å². The molecule has 0 fully saturated rings. The van der Waals surface area contributed by atoms with Crippen molar-refractivity contribution < 1.29 is 24.2 Å². The summed E-state index contributed by atoms with van der Waals surface area (Å²) in [4.78, 5) is 24.6. The van der Waals surface area contributed by atoms with Gasteiger partial charge in [-0.25, -0.2) is 0 Å². The Morgan fingerprint density at radius 1 is 0.308 bits per heavy atom. The number of ether oxygens (including phenoxy) is 2. The molecule has 1 unspecified atom stereocenters. The van der Waals surface area contributed by atoms with Crippen molar-refractivity contribution in [1.82, 2.24) is 0 Å².